The summed E-state index contributed by atoms with van der Waals surface area (Å²) in [5.74, 6) is 0.247. The summed E-state index contributed by atoms with van der Waals surface area (Å²) in [6, 6.07) is 15.3. The van der Waals surface area contributed by atoms with Gasteiger partial charge in [0.05, 0.1) is 5.92 Å². The van der Waals surface area contributed by atoms with Crippen molar-refractivity contribution in [2.75, 3.05) is 0 Å². The minimum Gasteiger partial charge on any atom is -0.481 e. The SMILES string of the molecule is Cc1cc(-c2nc(-c3ccc4c(c3)CCC4NC3CC(C(=O)O)C3)no2)ccc1-c1ccsc1. The highest BCUT2D eigenvalue weighted by molar-refractivity contribution is 7.08. The molecule has 2 aliphatic carbocycles. The van der Waals surface area contributed by atoms with Crippen molar-refractivity contribution in [3.63, 3.8) is 0 Å². The van der Waals surface area contributed by atoms with Crippen LogP contribution in [0.1, 0.15) is 42.0 Å². The second-order valence-corrected chi connectivity index (χ2v) is 10.1. The van der Waals surface area contributed by atoms with Gasteiger partial charge in [0.25, 0.3) is 5.89 Å². The molecule has 6 rings (SSSR count). The van der Waals surface area contributed by atoms with Gasteiger partial charge in [-0.2, -0.15) is 16.3 Å². The Morgan fingerprint density at radius 2 is 1.97 bits per heavy atom. The van der Waals surface area contributed by atoms with Gasteiger partial charge in [-0.05, 0) is 95.4 Å². The number of aromatic nitrogens is 2. The van der Waals surface area contributed by atoms with Crippen LogP contribution in [0.5, 0.6) is 0 Å². The van der Waals surface area contributed by atoms with Crippen molar-refractivity contribution < 1.29 is 14.4 Å². The molecule has 1 unspecified atom stereocenters. The number of fused-ring (bicyclic) bond motifs is 1. The van der Waals surface area contributed by atoms with E-state index < -0.39 is 5.97 Å². The molecule has 1 saturated carbocycles. The molecule has 0 aliphatic heterocycles. The number of carbonyl (C=O) groups is 1. The first-order valence-electron chi connectivity index (χ1n) is 11.6. The lowest BCUT2D eigenvalue weighted by molar-refractivity contribution is -0.145. The van der Waals surface area contributed by atoms with E-state index in [4.69, 9.17) is 9.63 Å². The summed E-state index contributed by atoms with van der Waals surface area (Å²) in [4.78, 5) is 15.7. The van der Waals surface area contributed by atoms with Gasteiger partial charge in [-0.3, -0.25) is 4.79 Å². The Bertz CT molecular complexity index is 1360. The number of nitrogens with one attached hydrogen (secondary N) is 1. The van der Waals surface area contributed by atoms with Gasteiger partial charge in [0, 0.05) is 23.2 Å². The zero-order valence-corrected chi connectivity index (χ0v) is 19.6. The van der Waals surface area contributed by atoms with Crippen LogP contribution in [0.2, 0.25) is 0 Å². The van der Waals surface area contributed by atoms with Crippen molar-refractivity contribution in [1.82, 2.24) is 15.5 Å². The van der Waals surface area contributed by atoms with Gasteiger partial charge in [-0.15, -0.1) is 0 Å². The van der Waals surface area contributed by atoms with Gasteiger partial charge in [0.1, 0.15) is 0 Å². The summed E-state index contributed by atoms with van der Waals surface area (Å²) in [5, 5.41) is 21.2. The Morgan fingerprint density at radius 3 is 2.74 bits per heavy atom. The number of aryl methyl sites for hydroxylation is 2. The molecule has 4 aromatic rings. The van der Waals surface area contributed by atoms with Crippen LogP contribution in [0.4, 0.5) is 0 Å². The van der Waals surface area contributed by atoms with Crippen LogP contribution in [0.25, 0.3) is 34.0 Å². The number of rotatable bonds is 6. The summed E-state index contributed by atoms with van der Waals surface area (Å²) in [6.07, 6.45) is 3.46. The number of thiophene rings is 1. The number of nitrogens with zero attached hydrogens (tertiary/aromatic N) is 2. The van der Waals surface area contributed by atoms with Crippen LogP contribution >= 0.6 is 11.3 Å². The molecule has 0 spiro atoms. The molecule has 0 bridgehead atoms. The van der Waals surface area contributed by atoms with Crippen LogP contribution in [0.15, 0.2) is 57.7 Å². The van der Waals surface area contributed by atoms with E-state index in [1.165, 1.54) is 27.8 Å². The molecule has 2 aliphatic rings. The topological polar surface area (TPSA) is 88.2 Å². The number of benzene rings is 2. The second kappa shape index (κ2) is 8.49. The highest BCUT2D eigenvalue weighted by Crippen LogP contribution is 2.37. The smallest absolute Gasteiger partial charge is 0.306 e. The summed E-state index contributed by atoms with van der Waals surface area (Å²) in [6.45, 7) is 2.10. The normalized spacial score (nSPS) is 21.3. The van der Waals surface area contributed by atoms with Gasteiger partial charge >= 0.3 is 5.97 Å². The highest BCUT2D eigenvalue weighted by atomic mass is 32.1. The van der Waals surface area contributed by atoms with Crippen molar-refractivity contribution in [3.05, 3.63) is 69.9 Å². The Labute approximate surface area is 201 Å². The van der Waals surface area contributed by atoms with E-state index in [-0.39, 0.29) is 12.0 Å². The summed E-state index contributed by atoms with van der Waals surface area (Å²) >= 11 is 1.69. The molecule has 2 N–H and O–H groups in total. The van der Waals surface area contributed by atoms with Gasteiger partial charge in [0.15, 0.2) is 0 Å². The molecule has 172 valence electrons. The fourth-order valence-electron chi connectivity index (χ4n) is 5.17. The molecule has 0 radical (unpaired) electrons. The van der Waals surface area contributed by atoms with E-state index in [9.17, 15) is 4.79 Å². The number of aliphatic carboxylic acids is 1. The van der Waals surface area contributed by atoms with Crippen molar-refractivity contribution in [2.24, 2.45) is 5.92 Å². The monoisotopic (exact) mass is 471 g/mol. The number of hydrogen-bond donors (Lipinski definition) is 2. The highest BCUT2D eigenvalue weighted by Gasteiger charge is 2.36. The van der Waals surface area contributed by atoms with Crippen LogP contribution in [0, 0.1) is 12.8 Å². The van der Waals surface area contributed by atoms with Gasteiger partial charge in [0.2, 0.25) is 5.82 Å². The minimum atomic E-state index is -0.678. The van der Waals surface area contributed by atoms with Crippen LogP contribution < -0.4 is 5.32 Å². The second-order valence-electron chi connectivity index (χ2n) is 9.34. The van der Waals surface area contributed by atoms with E-state index in [1.807, 2.05) is 6.07 Å². The van der Waals surface area contributed by atoms with Crippen molar-refractivity contribution in [2.45, 2.75) is 44.7 Å². The third-order valence-corrected chi connectivity index (χ3v) is 7.82. The molecule has 0 amide bonds. The van der Waals surface area contributed by atoms with E-state index >= 15 is 0 Å². The van der Waals surface area contributed by atoms with Crippen molar-refractivity contribution in [3.8, 4) is 34.0 Å². The summed E-state index contributed by atoms with van der Waals surface area (Å²) in [5.41, 5.74) is 8.08. The minimum absolute atomic E-state index is 0.191. The Balaban J connectivity index is 1.18. The first-order valence-corrected chi connectivity index (χ1v) is 12.6. The molecule has 2 aromatic heterocycles. The molecule has 2 aromatic carbocycles. The average molecular weight is 472 g/mol. The van der Waals surface area contributed by atoms with Gasteiger partial charge in [-0.25, -0.2) is 0 Å². The number of carboxylic acids is 1. The van der Waals surface area contributed by atoms with E-state index in [2.05, 4.69) is 69.5 Å². The molecular weight excluding hydrogens is 446 g/mol. The number of hydrogen-bond acceptors (Lipinski definition) is 6. The molecule has 1 fully saturated rings. The quantitative estimate of drug-likeness (QED) is 0.365. The summed E-state index contributed by atoms with van der Waals surface area (Å²) in [7, 11) is 0. The molecule has 1 atom stereocenters. The Hall–Kier alpha value is -3.29. The predicted molar refractivity (Wildman–Crippen MR) is 132 cm³/mol. The predicted octanol–water partition coefficient (Wildman–Crippen LogP) is 5.88. The maximum absolute atomic E-state index is 11.1. The molecule has 34 heavy (non-hydrogen) atoms. The average Bonchev–Trinajstić information content (AvgIpc) is 3.56. The molecule has 2 heterocycles. The Morgan fingerprint density at radius 1 is 1.12 bits per heavy atom. The largest absolute Gasteiger partial charge is 0.481 e. The Kier molecular flexibility index (Phi) is 5.31. The molecule has 6 nitrogen and oxygen atoms in total. The lowest BCUT2D eigenvalue weighted by atomic mass is 9.80. The van der Waals surface area contributed by atoms with Crippen LogP contribution in [0.3, 0.4) is 0 Å². The lowest BCUT2D eigenvalue weighted by Crippen LogP contribution is -2.45. The summed E-state index contributed by atoms with van der Waals surface area (Å²) < 4.78 is 5.62. The van der Waals surface area contributed by atoms with Crippen molar-refractivity contribution >= 4 is 17.3 Å². The molecule has 7 heteroatoms. The molecular formula is C27H25N3O3S. The zero-order valence-electron chi connectivity index (χ0n) is 18.8. The number of carboxylic acid groups (broad SMARTS) is 1. The lowest BCUT2D eigenvalue weighted by Gasteiger charge is -2.35. The third-order valence-electron chi connectivity index (χ3n) is 7.13. The first-order chi connectivity index (χ1) is 16.5. The van der Waals surface area contributed by atoms with Crippen molar-refractivity contribution in [1.29, 1.82) is 0 Å². The van der Waals surface area contributed by atoms with Gasteiger partial charge < -0.3 is 14.9 Å². The van der Waals surface area contributed by atoms with Gasteiger partial charge in [-0.1, -0.05) is 23.4 Å². The molecule has 0 saturated heterocycles. The zero-order chi connectivity index (χ0) is 23.2. The maximum atomic E-state index is 11.1. The van der Waals surface area contributed by atoms with Crippen LogP contribution in [-0.2, 0) is 11.2 Å². The van der Waals surface area contributed by atoms with E-state index in [0.717, 1.165) is 36.8 Å². The first kappa shape index (κ1) is 21.3. The van der Waals surface area contributed by atoms with E-state index in [0.29, 0.717) is 17.8 Å². The third kappa shape index (κ3) is 3.85. The standard InChI is InChI=1S/C27H25N3O3S/c1-15-10-18(3-5-22(15)19-8-9-34-14-19)26-29-25(30-33-26)17-2-6-23-16(11-17)4-7-24(23)28-21-12-20(13-21)27(31)32/h2-3,5-6,8-11,14,20-21,24,28H,4,7,12-13H2,1H3,(H,31,32). The fourth-order valence-corrected chi connectivity index (χ4v) is 5.82. The van der Waals surface area contributed by atoms with E-state index in [1.54, 1.807) is 11.3 Å². The maximum Gasteiger partial charge on any atom is 0.306 e. The van der Waals surface area contributed by atoms with Crippen LogP contribution in [-0.4, -0.2) is 27.3 Å². The fraction of sp³-hybridized carbons (Fsp3) is 0.296.